The number of fused-ring (bicyclic) bond motifs is 6. The zero-order valence-electron chi connectivity index (χ0n) is 15.7. The first-order chi connectivity index (χ1) is 12.6. The molecule has 0 aliphatic heterocycles. The summed E-state index contributed by atoms with van der Waals surface area (Å²) in [6, 6.07) is 5.92. The molecule has 2 aromatic carbocycles. The van der Waals surface area contributed by atoms with Crippen LogP contribution in [-0.2, 0) is 11.2 Å². The van der Waals surface area contributed by atoms with E-state index in [9.17, 15) is 9.90 Å². The second-order valence-electron chi connectivity index (χ2n) is 7.55. The Bertz CT molecular complexity index is 870. The number of rotatable bonds is 4. The number of hydrogen-bond donors (Lipinski definition) is 1. The van der Waals surface area contributed by atoms with Gasteiger partial charge >= 0.3 is 6.16 Å². The first-order valence-electron chi connectivity index (χ1n) is 9.73. The molecule has 3 atom stereocenters. The summed E-state index contributed by atoms with van der Waals surface area (Å²) >= 11 is 0. The van der Waals surface area contributed by atoms with Crippen molar-refractivity contribution in [3.8, 4) is 11.5 Å². The molecule has 2 bridgehead atoms. The average Bonchev–Trinajstić information content (AvgIpc) is 3.15. The van der Waals surface area contributed by atoms with Crippen LogP contribution in [-0.4, -0.2) is 17.9 Å². The molecular formula is C22H26O4. The summed E-state index contributed by atoms with van der Waals surface area (Å²) < 4.78 is 11.0. The monoisotopic (exact) mass is 354 g/mol. The topological polar surface area (TPSA) is 55.8 Å². The molecular weight excluding hydrogens is 328 g/mol. The fourth-order valence-electron chi connectivity index (χ4n) is 5.02. The number of carbonyl (C=O) groups excluding carboxylic acids is 1. The van der Waals surface area contributed by atoms with Crippen LogP contribution in [0.15, 0.2) is 18.2 Å². The highest BCUT2D eigenvalue weighted by atomic mass is 16.7. The molecule has 3 unspecified atom stereocenters. The molecule has 2 aromatic rings. The summed E-state index contributed by atoms with van der Waals surface area (Å²) in [5, 5.41) is 12.7. The Labute approximate surface area is 154 Å². The Hall–Kier alpha value is -2.23. The van der Waals surface area contributed by atoms with Crippen molar-refractivity contribution in [2.45, 2.75) is 58.3 Å². The third kappa shape index (κ3) is 2.38. The van der Waals surface area contributed by atoms with Crippen LogP contribution in [0.4, 0.5) is 4.79 Å². The Morgan fingerprint density at radius 3 is 2.62 bits per heavy atom. The maximum atomic E-state index is 12.3. The molecule has 26 heavy (non-hydrogen) atoms. The minimum Gasteiger partial charge on any atom is -0.507 e. The van der Waals surface area contributed by atoms with Crippen molar-refractivity contribution in [2.75, 3.05) is 6.61 Å². The van der Waals surface area contributed by atoms with Crippen LogP contribution >= 0.6 is 0 Å². The normalized spacial score (nSPS) is 23.3. The third-order valence-corrected chi connectivity index (χ3v) is 6.21. The minimum absolute atomic E-state index is 0.337. The number of ether oxygens (including phenoxy) is 2. The smallest absolute Gasteiger partial charge is 0.507 e. The fourth-order valence-corrected chi connectivity index (χ4v) is 5.02. The molecule has 0 heterocycles. The number of aryl methyl sites for hydroxylation is 1. The number of aromatic hydroxyl groups is 1. The number of benzene rings is 2. The van der Waals surface area contributed by atoms with Gasteiger partial charge in [-0.1, -0.05) is 39.0 Å². The largest absolute Gasteiger partial charge is 0.513 e. The molecule has 4 nitrogen and oxygen atoms in total. The highest BCUT2D eigenvalue weighted by Gasteiger charge is 2.48. The van der Waals surface area contributed by atoms with Crippen molar-refractivity contribution in [1.82, 2.24) is 0 Å². The first-order valence-corrected chi connectivity index (χ1v) is 9.73. The zero-order valence-corrected chi connectivity index (χ0v) is 15.7. The van der Waals surface area contributed by atoms with E-state index in [-0.39, 0.29) is 0 Å². The highest BCUT2D eigenvalue weighted by Crippen LogP contribution is 2.63. The summed E-state index contributed by atoms with van der Waals surface area (Å²) in [6.45, 7) is 6.62. The van der Waals surface area contributed by atoms with E-state index < -0.39 is 6.16 Å². The summed E-state index contributed by atoms with van der Waals surface area (Å²) in [5.41, 5.74) is 3.11. The Morgan fingerprint density at radius 2 is 1.92 bits per heavy atom. The van der Waals surface area contributed by atoms with Crippen LogP contribution in [0, 0.1) is 5.92 Å². The van der Waals surface area contributed by atoms with Gasteiger partial charge in [0.15, 0.2) is 0 Å². The van der Waals surface area contributed by atoms with Gasteiger partial charge in [0.2, 0.25) is 0 Å². The molecule has 0 saturated heterocycles. The van der Waals surface area contributed by atoms with E-state index in [1.807, 2.05) is 25.1 Å². The van der Waals surface area contributed by atoms with Gasteiger partial charge in [0.05, 0.1) is 6.61 Å². The summed E-state index contributed by atoms with van der Waals surface area (Å²) in [5.74, 6) is 2.14. The Balaban J connectivity index is 1.96. The van der Waals surface area contributed by atoms with Crippen LogP contribution in [0.3, 0.4) is 0 Å². The second-order valence-corrected chi connectivity index (χ2v) is 7.55. The number of phenolic OH excluding ortho intramolecular Hbond substituents is 1. The SMILES string of the molecule is CCCOC(=O)Oc1c2c(c(O)c3cccc(CC)c13)C1CCC2C1C. The molecule has 138 valence electrons. The van der Waals surface area contributed by atoms with Crippen LogP contribution < -0.4 is 4.74 Å². The molecule has 4 heteroatoms. The molecule has 1 N–H and O–H groups in total. The summed E-state index contributed by atoms with van der Waals surface area (Å²) in [7, 11) is 0. The van der Waals surface area contributed by atoms with Crippen LogP contribution in [0.2, 0.25) is 0 Å². The standard InChI is InChI=1S/C22H26O4/c1-4-11-25-22(24)26-21-17-13(5-2)7-6-8-16(17)20(23)18-14-9-10-15(12(14)3)19(18)21/h6-8,12,14-15,23H,4-5,9-11H2,1-3H3. The molecule has 0 amide bonds. The maximum absolute atomic E-state index is 12.3. The van der Waals surface area contributed by atoms with Crippen molar-refractivity contribution in [1.29, 1.82) is 0 Å². The average molecular weight is 354 g/mol. The van der Waals surface area contributed by atoms with Crippen LogP contribution in [0.1, 0.15) is 68.6 Å². The van der Waals surface area contributed by atoms with Crippen LogP contribution in [0.25, 0.3) is 10.8 Å². The summed E-state index contributed by atoms with van der Waals surface area (Å²) in [4.78, 5) is 12.3. The summed E-state index contributed by atoms with van der Waals surface area (Å²) in [6.07, 6.45) is 3.08. The molecule has 0 radical (unpaired) electrons. The lowest BCUT2D eigenvalue weighted by Gasteiger charge is -2.23. The van der Waals surface area contributed by atoms with E-state index in [2.05, 4.69) is 13.8 Å². The lowest BCUT2D eigenvalue weighted by atomic mass is 9.86. The lowest BCUT2D eigenvalue weighted by Crippen LogP contribution is -2.14. The van der Waals surface area contributed by atoms with Crippen molar-refractivity contribution >= 4 is 16.9 Å². The minimum atomic E-state index is -0.651. The number of hydrogen-bond acceptors (Lipinski definition) is 4. The van der Waals surface area contributed by atoms with Crippen molar-refractivity contribution in [3.05, 3.63) is 34.9 Å². The molecule has 0 spiro atoms. The Morgan fingerprint density at radius 1 is 1.19 bits per heavy atom. The van der Waals surface area contributed by atoms with Gasteiger partial charge in [0.25, 0.3) is 0 Å². The van der Waals surface area contributed by atoms with Crippen molar-refractivity contribution in [3.63, 3.8) is 0 Å². The van der Waals surface area contributed by atoms with E-state index in [0.29, 0.717) is 35.9 Å². The van der Waals surface area contributed by atoms with Gasteiger partial charge in [0, 0.05) is 21.9 Å². The molecule has 1 fully saturated rings. The van der Waals surface area contributed by atoms with Gasteiger partial charge in [-0.2, -0.15) is 0 Å². The molecule has 0 aromatic heterocycles. The highest BCUT2D eigenvalue weighted by molar-refractivity contribution is 6.00. The van der Waals surface area contributed by atoms with E-state index >= 15 is 0 Å². The van der Waals surface area contributed by atoms with E-state index in [1.165, 1.54) is 0 Å². The van der Waals surface area contributed by atoms with Crippen LogP contribution in [0.5, 0.6) is 11.5 Å². The fraction of sp³-hybridized carbons (Fsp3) is 0.500. The van der Waals surface area contributed by atoms with Gasteiger partial charge in [-0.05, 0) is 49.0 Å². The second kappa shape index (κ2) is 6.49. The molecule has 2 aliphatic rings. The number of carbonyl (C=O) groups is 1. The van der Waals surface area contributed by atoms with Crippen molar-refractivity contribution in [2.24, 2.45) is 5.92 Å². The van der Waals surface area contributed by atoms with E-state index in [1.54, 1.807) is 0 Å². The van der Waals surface area contributed by atoms with Crippen molar-refractivity contribution < 1.29 is 19.4 Å². The first kappa shape index (κ1) is 17.2. The maximum Gasteiger partial charge on any atom is 0.513 e. The molecule has 4 rings (SSSR count). The lowest BCUT2D eigenvalue weighted by molar-refractivity contribution is 0.0991. The predicted octanol–water partition coefficient (Wildman–Crippen LogP) is 5.64. The van der Waals surface area contributed by atoms with Gasteiger partial charge < -0.3 is 14.6 Å². The van der Waals surface area contributed by atoms with Gasteiger partial charge in [-0.25, -0.2) is 4.79 Å². The molecule has 2 aliphatic carbocycles. The number of phenols is 1. The van der Waals surface area contributed by atoms with Gasteiger partial charge in [0.1, 0.15) is 11.5 Å². The molecule has 1 saturated carbocycles. The van der Waals surface area contributed by atoms with E-state index in [4.69, 9.17) is 9.47 Å². The Kier molecular flexibility index (Phi) is 4.29. The van der Waals surface area contributed by atoms with E-state index in [0.717, 1.165) is 53.1 Å². The van der Waals surface area contributed by atoms with Gasteiger partial charge in [-0.15, -0.1) is 0 Å². The quantitative estimate of drug-likeness (QED) is 0.570. The van der Waals surface area contributed by atoms with Gasteiger partial charge in [-0.3, -0.25) is 0 Å². The third-order valence-electron chi connectivity index (χ3n) is 6.21. The predicted molar refractivity (Wildman–Crippen MR) is 101 cm³/mol. The zero-order chi connectivity index (χ0) is 18.4.